The summed E-state index contributed by atoms with van der Waals surface area (Å²) in [5.41, 5.74) is 1.28. The molecule has 0 aliphatic carbocycles. The SMILES string of the molecule is C=C(Cl)CSc1cccc(C)c1. The number of rotatable bonds is 3. The quantitative estimate of drug-likeness (QED) is 0.666. The molecular weight excluding hydrogens is 188 g/mol. The second-order valence-corrected chi connectivity index (χ2v) is 4.21. The summed E-state index contributed by atoms with van der Waals surface area (Å²) < 4.78 is 0. The molecular formula is C10H11ClS. The molecule has 2 heteroatoms. The molecule has 0 atom stereocenters. The fourth-order valence-electron chi connectivity index (χ4n) is 0.867. The maximum Gasteiger partial charge on any atom is 0.0334 e. The minimum atomic E-state index is 0.696. The molecule has 0 aliphatic rings. The van der Waals surface area contributed by atoms with Gasteiger partial charge in [-0.3, -0.25) is 0 Å². The lowest BCUT2D eigenvalue weighted by molar-refractivity contribution is 1.36. The van der Waals surface area contributed by atoms with Crippen molar-refractivity contribution in [1.82, 2.24) is 0 Å². The molecule has 0 bridgehead atoms. The number of benzene rings is 1. The molecule has 0 saturated heterocycles. The number of halogens is 1. The highest BCUT2D eigenvalue weighted by Crippen LogP contribution is 2.21. The third-order valence-corrected chi connectivity index (χ3v) is 2.76. The molecule has 1 aromatic carbocycles. The van der Waals surface area contributed by atoms with Gasteiger partial charge in [0.1, 0.15) is 0 Å². The van der Waals surface area contributed by atoms with Crippen LogP contribution in [0, 0.1) is 6.92 Å². The van der Waals surface area contributed by atoms with Gasteiger partial charge in [0.15, 0.2) is 0 Å². The van der Waals surface area contributed by atoms with Gasteiger partial charge in [-0.05, 0) is 19.1 Å². The Bertz CT molecular complexity index is 281. The molecule has 0 unspecified atom stereocenters. The Kier molecular flexibility index (Phi) is 3.70. The summed E-state index contributed by atoms with van der Waals surface area (Å²) >= 11 is 7.36. The van der Waals surface area contributed by atoms with Crippen LogP contribution in [0.4, 0.5) is 0 Å². The molecule has 0 N–H and O–H groups in total. The van der Waals surface area contributed by atoms with E-state index in [2.05, 4.69) is 37.8 Å². The lowest BCUT2D eigenvalue weighted by Crippen LogP contribution is -1.78. The first-order chi connectivity index (χ1) is 5.68. The fourth-order valence-corrected chi connectivity index (χ4v) is 1.80. The molecule has 64 valence electrons. The highest BCUT2D eigenvalue weighted by molar-refractivity contribution is 7.99. The Balaban J connectivity index is 2.57. The monoisotopic (exact) mass is 198 g/mol. The average molecular weight is 199 g/mol. The van der Waals surface area contributed by atoms with E-state index in [0.717, 1.165) is 5.75 Å². The zero-order valence-corrected chi connectivity index (χ0v) is 8.58. The van der Waals surface area contributed by atoms with Gasteiger partial charge in [-0.25, -0.2) is 0 Å². The minimum Gasteiger partial charge on any atom is -0.120 e. The molecule has 1 aromatic rings. The number of hydrogen-bond acceptors (Lipinski definition) is 1. The summed E-state index contributed by atoms with van der Waals surface area (Å²) in [6, 6.07) is 8.36. The van der Waals surface area contributed by atoms with Gasteiger partial charge in [-0.15, -0.1) is 11.8 Å². The molecule has 0 amide bonds. The van der Waals surface area contributed by atoms with E-state index in [-0.39, 0.29) is 0 Å². The smallest absolute Gasteiger partial charge is 0.0334 e. The molecule has 12 heavy (non-hydrogen) atoms. The van der Waals surface area contributed by atoms with E-state index in [1.165, 1.54) is 10.5 Å². The molecule has 1 rings (SSSR count). The van der Waals surface area contributed by atoms with Gasteiger partial charge in [0.05, 0.1) is 0 Å². The summed E-state index contributed by atoms with van der Waals surface area (Å²) in [6.45, 7) is 5.72. The maximum absolute atomic E-state index is 5.65. The van der Waals surface area contributed by atoms with Crippen molar-refractivity contribution in [3.8, 4) is 0 Å². The second kappa shape index (κ2) is 4.58. The van der Waals surface area contributed by atoms with E-state index < -0.39 is 0 Å². The fraction of sp³-hybridized carbons (Fsp3) is 0.200. The Labute approximate surface area is 82.6 Å². The zero-order chi connectivity index (χ0) is 8.97. The molecule has 0 radical (unpaired) electrons. The third-order valence-electron chi connectivity index (χ3n) is 1.38. The van der Waals surface area contributed by atoms with Crippen LogP contribution in [0.5, 0.6) is 0 Å². The van der Waals surface area contributed by atoms with Crippen LogP contribution in [0.1, 0.15) is 5.56 Å². The van der Waals surface area contributed by atoms with Crippen molar-refractivity contribution in [2.75, 3.05) is 5.75 Å². The van der Waals surface area contributed by atoms with Gasteiger partial charge < -0.3 is 0 Å². The van der Waals surface area contributed by atoms with Crippen LogP contribution in [0.3, 0.4) is 0 Å². The standard InChI is InChI=1S/C10H11ClS/c1-8-4-3-5-10(6-8)12-7-9(2)11/h3-6H,2,7H2,1H3. The predicted molar refractivity (Wildman–Crippen MR) is 56.9 cm³/mol. The largest absolute Gasteiger partial charge is 0.120 e. The molecule has 0 heterocycles. The summed E-state index contributed by atoms with van der Waals surface area (Å²) in [4.78, 5) is 1.25. The Morgan fingerprint density at radius 3 is 2.92 bits per heavy atom. The number of aryl methyl sites for hydroxylation is 1. The highest BCUT2D eigenvalue weighted by Gasteiger charge is 1.94. The first-order valence-electron chi connectivity index (χ1n) is 3.71. The topological polar surface area (TPSA) is 0 Å². The molecule has 0 nitrogen and oxygen atoms in total. The predicted octanol–water partition coefficient (Wildman–Crippen LogP) is 3.84. The normalized spacial score (nSPS) is 9.83. The Hall–Kier alpha value is -0.400. The van der Waals surface area contributed by atoms with E-state index in [9.17, 15) is 0 Å². The van der Waals surface area contributed by atoms with Crippen LogP contribution in [0.2, 0.25) is 0 Å². The van der Waals surface area contributed by atoms with Crippen molar-refractivity contribution >= 4 is 23.4 Å². The van der Waals surface area contributed by atoms with Crippen LogP contribution < -0.4 is 0 Å². The second-order valence-electron chi connectivity index (χ2n) is 2.62. The molecule has 0 saturated carbocycles. The van der Waals surface area contributed by atoms with Crippen molar-refractivity contribution in [3.63, 3.8) is 0 Å². The van der Waals surface area contributed by atoms with Gasteiger partial charge in [-0.2, -0.15) is 0 Å². The molecule has 0 aromatic heterocycles. The summed E-state index contributed by atoms with van der Waals surface area (Å²) in [7, 11) is 0. The van der Waals surface area contributed by atoms with E-state index in [4.69, 9.17) is 11.6 Å². The van der Waals surface area contributed by atoms with Crippen LogP contribution in [0.15, 0.2) is 40.8 Å². The van der Waals surface area contributed by atoms with E-state index in [1.54, 1.807) is 11.8 Å². The maximum atomic E-state index is 5.65. The van der Waals surface area contributed by atoms with Gasteiger partial charge in [-0.1, -0.05) is 35.9 Å². The van der Waals surface area contributed by atoms with Crippen molar-refractivity contribution in [1.29, 1.82) is 0 Å². The summed E-state index contributed by atoms with van der Waals surface area (Å²) in [5, 5.41) is 0.696. The van der Waals surface area contributed by atoms with Crippen LogP contribution in [-0.2, 0) is 0 Å². The molecule has 0 spiro atoms. The number of hydrogen-bond donors (Lipinski definition) is 0. The van der Waals surface area contributed by atoms with Crippen molar-refractivity contribution < 1.29 is 0 Å². The highest BCUT2D eigenvalue weighted by atomic mass is 35.5. The zero-order valence-electron chi connectivity index (χ0n) is 7.01. The van der Waals surface area contributed by atoms with Crippen molar-refractivity contribution in [2.24, 2.45) is 0 Å². The van der Waals surface area contributed by atoms with Crippen molar-refractivity contribution in [2.45, 2.75) is 11.8 Å². The van der Waals surface area contributed by atoms with Crippen LogP contribution in [-0.4, -0.2) is 5.75 Å². The lowest BCUT2D eigenvalue weighted by Gasteiger charge is -2.00. The van der Waals surface area contributed by atoms with Gasteiger partial charge in [0.25, 0.3) is 0 Å². The van der Waals surface area contributed by atoms with Gasteiger partial charge in [0.2, 0.25) is 0 Å². The molecule has 0 aliphatic heterocycles. The summed E-state index contributed by atoms with van der Waals surface area (Å²) in [6.07, 6.45) is 0. The van der Waals surface area contributed by atoms with Gasteiger partial charge >= 0.3 is 0 Å². The molecule has 0 fully saturated rings. The first-order valence-corrected chi connectivity index (χ1v) is 5.07. The summed E-state index contributed by atoms with van der Waals surface area (Å²) in [5.74, 6) is 0.783. The van der Waals surface area contributed by atoms with Gasteiger partial charge in [0, 0.05) is 15.7 Å². The lowest BCUT2D eigenvalue weighted by atomic mass is 10.2. The van der Waals surface area contributed by atoms with Crippen LogP contribution in [0.25, 0.3) is 0 Å². The van der Waals surface area contributed by atoms with E-state index >= 15 is 0 Å². The third kappa shape index (κ3) is 3.33. The minimum absolute atomic E-state index is 0.696. The average Bonchev–Trinajstić information content (AvgIpc) is 2.01. The van der Waals surface area contributed by atoms with Crippen LogP contribution >= 0.6 is 23.4 Å². The van der Waals surface area contributed by atoms with Crippen molar-refractivity contribution in [3.05, 3.63) is 41.4 Å². The van der Waals surface area contributed by atoms with E-state index in [1.807, 2.05) is 0 Å². The van der Waals surface area contributed by atoms with E-state index in [0.29, 0.717) is 5.03 Å². The Morgan fingerprint density at radius 2 is 2.33 bits per heavy atom. The number of thioether (sulfide) groups is 1. The first kappa shape index (κ1) is 9.69. The Morgan fingerprint density at radius 1 is 1.58 bits per heavy atom.